The van der Waals surface area contributed by atoms with E-state index in [1.807, 2.05) is 7.05 Å². The van der Waals surface area contributed by atoms with Gasteiger partial charge in [0.05, 0.1) is 0 Å². The molecular weight excluding hydrogens is 266 g/mol. The maximum atomic E-state index is 8.97. The molecule has 1 aromatic carbocycles. The topological polar surface area (TPSA) is 114 Å². The minimum atomic E-state index is -0.255. The predicted octanol–water partition coefficient (Wildman–Crippen LogP) is 1.72. The third-order valence-electron chi connectivity index (χ3n) is 2.71. The van der Waals surface area contributed by atoms with E-state index in [-0.39, 0.29) is 11.3 Å². The van der Waals surface area contributed by atoms with Gasteiger partial charge in [0.25, 0.3) is 0 Å². The Kier molecular flexibility index (Phi) is 3.95. The second-order valence-corrected chi connectivity index (χ2v) is 4.05. The maximum absolute atomic E-state index is 8.97. The van der Waals surface area contributed by atoms with Crippen LogP contribution in [0.3, 0.4) is 0 Å². The normalized spacial score (nSPS) is 9.05. The van der Waals surface area contributed by atoms with Crippen LogP contribution in [0.2, 0.25) is 0 Å². The number of allylic oxidation sites excluding steroid dienone is 2. The highest BCUT2D eigenvalue weighted by Gasteiger charge is 2.07. The Bertz CT molecular complexity index is 791. The van der Waals surface area contributed by atoms with Crippen molar-refractivity contribution in [2.75, 3.05) is 5.32 Å². The molecule has 1 aromatic heterocycles. The molecule has 21 heavy (non-hydrogen) atoms. The summed E-state index contributed by atoms with van der Waals surface area (Å²) >= 11 is 0. The molecule has 0 spiro atoms. The zero-order chi connectivity index (χ0) is 15.2. The molecule has 0 atom stereocenters. The van der Waals surface area contributed by atoms with Crippen molar-refractivity contribution in [2.24, 2.45) is 7.05 Å². The minimum Gasteiger partial charge on any atom is -0.345 e. The molecule has 0 bridgehead atoms. The molecule has 2 aromatic rings. The summed E-state index contributed by atoms with van der Waals surface area (Å²) in [6.07, 6.45) is 1.60. The monoisotopic (exact) mass is 275 g/mol. The second kappa shape index (κ2) is 6.01. The zero-order valence-electron chi connectivity index (χ0n) is 11.1. The average molecular weight is 275 g/mol. The first-order valence-electron chi connectivity index (χ1n) is 5.85. The molecule has 0 radical (unpaired) electrons. The highest BCUT2D eigenvalue weighted by atomic mass is 15.2. The molecule has 0 aliphatic rings. The molecule has 0 saturated carbocycles. The van der Waals surface area contributed by atoms with Gasteiger partial charge in [0, 0.05) is 18.3 Å². The molecule has 100 valence electrons. The van der Waals surface area contributed by atoms with Crippen molar-refractivity contribution in [3.63, 3.8) is 0 Å². The van der Waals surface area contributed by atoms with Gasteiger partial charge in [-0.3, -0.25) is 0 Å². The van der Waals surface area contributed by atoms with Crippen LogP contribution in [0, 0.1) is 34.0 Å². The number of aromatic nitrogens is 3. The molecule has 0 aliphatic carbocycles. The van der Waals surface area contributed by atoms with Crippen LogP contribution in [0.5, 0.6) is 0 Å². The Hall–Kier alpha value is -3.63. The summed E-state index contributed by atoms with van der Waals surface area (Å²) in [7, 11) is 1.84. The van der Waals surface area contributed by atoms with Crippen LogP contribution in [0.25, 0.3) is 11.4 Å². The lowest BCUT2D eigenvalue weighted by Crippen LogP contribution is -2.00. The maximum Gasteiger partial charge on any atom is 0.163 e. The summed E-state index contributed by atoms with van der Waals surface area (Å²) in [6.45, 7) is 0. The molecule has 0 aliphatic heterocycles. The van der Waals surface area contributed by atoms with Gasteiger partial charge in [-0.1, -0.05) is 0 Å². The predicted molar refractivity (Wildman–Crippen MR) is 73.9 cm³/mol. The van der Waals surface area contributed by atoms with Gasteiger partial charge < -0.3 is 9.88 Å². The summed E-state index contributed by atoms with van der Waals surface area (Å²) in [4.78, 5) is 0. The van der Waals surface area contributed by atoms with E-state index in [9.17, 15) is 0 Å². The fraction of sp³-hybridized carbons (Fsp3) is 0.0714. The van der Waals surface area contributed by atoms with Crippen molar-refractivity contribution in [3.05, 3.63) is 41.9 Å². The number of nitrogens with zero attached hydrogens (tertiary/aromatic N) is 6. The van der Waals surface area contributed by atoms with Crippen LogP contribution < -0.4 is 5.32 Å². The first kappa shape index (κ1) is 13.8. The molecule has 1 N–H and O–H groups in total. The Morgan fingerprint density at radius 3 is 2.24 bits per heavy atom. The number of nitriles is 3. The minimum absolute atomic E-state index is 0.0774. The smallest absolute Gasteiger partial charge is 0.163 e. The van der Waals surface area contributed by atoms with Crippen LogP contribution in [-0.4, -0.2) is 14.8 Å². The molecular formula is C14H9N7. The molecule has 0 amide bonds. The zero-order valence-corrected chi connectivity index (χ0v) is 11.1. The van der Waals surface area contributed by atoms with E-state index in [1.165, 1.54) is 0 Å². The van der Waals surface area contributed by atoms with Crippen LogP contribution in [0.1, 0.15) is 0 Å². The lowest BCUT2D eigenvalue weighted by molar-refractivity contribution is 0.920. The van der Waals surface area contributed by atoms with E-state index in [0.29, 0.717) is 11.5 Å². The summed E-state index contributed by atoms with van der Waals surface area (Å²) in [5, 5.41) is 37.0. The molecule has 2 rings (SSSR count). The quantitative estimate of drug-likeness (QED) is 0.853. The molecule has 0 fully saturated rings. The third-order valence-corrected chi connectivity index (χ3v) is 2.71. The van der Waals surface area contributed by atoms with Crippen LogP contribution in [0.15, 0.2) is 41.9 Å². The van der Waals surface area contributed by atoms with Gasteiger partial charge in [-0.2, -0.15) is 15.8 Å². The van der Waals surface area contributed by atoms with E-state index in [0.717, 1.165) is 5.56 Å². The number of benzene rings is 1. The van der Waals surface area contributed by atoms with E-state index in [4.69, 9.17) is 15.8 Å². The van der Waals surface area contributed by atoms with Crippen molar-refractivity contribution in [3.8, 4) is 29.6 Å². The lowest BCUT2D eigenvalue weighted by atomic mass is 10.2. The van der Waals surface area contributed by atoms with Gasteiger partial charge in [-0.15, -0.1) is 10.2 Å². The van der Waals surface area contributed by atoms with Gasteiger partial charge in [0.1, 0.15) is 30.2 Å². The van der Waals surface area contributed by atoms with Crippen LogP contribution >= 0.6 is 0 Å². The summed E-state index contributed by atoms with van der Waals surface area (Å²) < 4.78 is 1.78. The Balaban J connectivity index is 2.28. The Morgan fingerprint density at radius 1 is 1.10 bits per heavy atom. The number of hydrogen-bond donors (Lipinski definition) is 1. The lowest BCUT2D eigenvalue weighted by Gasteiger charge is -2.06. The molecule has 0 saturated heterocycles. The van der Waals surface area contributed by atoms with E-state index in [1.54, 1.807) is 53.4 Å². The van der Waals surface area contributed by atoms with Gasteiger partial charge in [0.2, 0.25) is 0 Å². The Morgan fingerprint density at radius 2 is 1.76 bits per heavy atom. The summed E-state index contributed by atoms with van der Waals surface area (Å²) in [5.74, 6) is 0.715. The fourth-order valence-electron chi connectivity index (χ4n) is 1.67. The average Bonchev–Trinajstić information content (AvgIpc) is 2.94. The third kappa shape index (κ3) is 2.86. The van der Waals surface area contributed by atoms with E-state index < -0.39 is 0 Å². The number of hydrogen-bond acceptors (Lipinski definition) is 6. The van der Waals surface area contributed by atoms with Crippen molar-refractivity contribution < 1.29 is 0 Å². The van der Waals surface area contributed by atoms with Crippen molar-refractivity contribution in [1.29, 1.82) is 15.8 Å². The van der Waals surface area contributed by atoms with Gasteiger partial charge >= 0.3 is 0 Å². The second-order valence-electron chi connectivity index (χ2n) is 4.05. The summed E-state index contributed by atoms with van der Waals surface area (Å²) in [5.41, 5.74) is 1.13. The molecule has 1 heterocycles. The van der Waals surface area contributed by atoms with E-state index >= 15 is 0 Å². The fourth-order valence-corrected chi connectivity index (χ4v) is 1.67. The molecule has 7 nitrogen and oxygen atoms in total. The highest BCUT2D eigenvalue weighted by molar-refractivity contribution is 5.63. The Labute approximate surface area is 121 Å². The van der Waals surface area contributed by atoms with Gasteiger partial charge in [-0.25, -0.2) is 0 Å². The standard InChI is InChI=1S/C14H9N7/c1-21-9-18-20-14(21)10-2-4-12(5-3-10)19-13(8-17)11(6-15)7-16/h2-5,9,19H,1H3. The number of anilines is 1. The van der Waals surface area contributed by atoms with Gasteiger partial charge in [-0.05, 0) is 24.3 Å². The van der Waals surface area contributed by atoms with Crippen molar-refractivity contribution in [2.45, 2.75) is 0 Å². The summed E-state index contributed by atoms with van der Waals surface area (Å²) in [6, 6.07) is 12.2. The van der Waals surface area contributed by atoms with E-state index in [2.05, 4.69) is 15.5 Å². The van der Waals surface area contributed by atoms with Crippen molar-refractivity contribution >= 4 is 5.69 Å². The van der Waals surface area contributed by atoms with Gasteiger partial charge in [0.15, 0.2) is 11.4 Å². The number of nitrogens with one attached hydrogen (secondary N) is 1. The molecule has 0 unspecified atom stereocenters. The highest BCUT2D eigenvalue weighted by Crippen LogP contribution is 2.20. The SMILES string of the molecule is Cn1cnnc1-c1ccc(NC(C#N)=C(C#N)C#N)cc1. The first-order valence-corrected chi connectivity index (χ1v) is 5.85. The largest absolute Gasteiger partial charge is 0.345 e. The number of rotatable bonds is 3. The molecule has 7 heteroatoms. The number of aryl methyl sites for hydroxylation is 1. The van der Waals surface area contributed by atoms with Crippen molar-refractivity contribution in [1.82, 2.24) is 14.8 Å². The first-order chi connectivity index (χ1) is 10.2. The van der Waals surface area contributed by atoms with Crippen LogP contribution in [0.4, 0.5) is 5.69 Å². The van der Waals surface area contributed by atoms with Crippen LogP contribution in [-0.2, 0) is 7.05 Å².